The lowest BCUT2D eigenvalue weighted by molar-refractivity contribution is -0.144. The van der Waals surface area contributed by atoms with Crippen molar-refractivity contribution in [2.45, 2.75) is 58.8 Å². The number of hydrogen-bond donors (Lipinski definition) is 0. The molecule has 6 unspecified atom stereocenters. The van der Waals surface area contributed by atoms with Crippen LogP contribution in [-0.4, -0.2) is 22.5 Å². The van der Waals surface area contributed by atoms with Gasteiger partial charge in [0.05, 0.1) is 18.5 Å². The lowest BCUT2D eigenvalue weighted by Gasteiger charge is -2.58. The predicted octanol–water partition coefficient (Wildman–Crippen LogP) is 4.67. The minimum Gasteiger partial charge on any atom is -0.465 e. The number of esters is 1. The van der Waals surface area contributed by atoms with Crippen molar-refractivity contribution in [1.82, 2.24) is 9.97 Å². The maximum atomic E-state index is 11.9. The van der Waals surface area contributed by atoms with Gasteiger partial charge in [-0.05, 0) is 78.6 Å². The Morgan fingerprint density at radius 2 is 2.00 bits per heavy atom. The van der Waals surface area contributed by atoms with Gasteiger partial charge in [0.2, 0.25) is 0 Å². The van der Waals surface area contributed by atoms with E-state index in [2.05, 4.69) is 29.9 Å². The molecule has 3 fully saturated rings. The zero-order valence-electron chi connectivity index (χ0n) is 16.5. The molecular weight excluding hydrogens is 336 g/mol. The molecule has 1 aromatic rings. The Morgan fingerprint density at radius 3 is 2.81 bits per heavy atom. The van der Waals surface area contributed by atoms with E-state index in [0.717, 1.165) is 24.0 Å². The smallest absolute Gasteiger partial charge is 0.305 e. The third-order valence-electron chi connectivity index (χ3n) is 8.80. The first-order valence-electron chi connectivity index (χ1n) is 10.6. The molecule has 4 heteroatoms. The number of carbonyl (C=O) groups excluding carboxylic acids is 1. The molecule has 2 heterocycles. The van der Waals surface area contributed by atoms with Gasteiger partial charge in [0.25, 0.3) is 0 Å². The molecule has 1 saturated heterocycles. The molecule has 4 nitrogen and oxygen atoms in total. The van der Waals surface area contributed by atoms with Gasteiger partial charge in [-0.3, -0.25) is 14.8 Å². The van der Waals surface area contributed by atoms with E-state index in [-0.39, 0.29) is 16.8 Å². The summed E-state index contributed by atoms with van der Waals surface area (Å²) >= 11 is 0. The summed E-state index contributed by atoms with van der Waals surface area (Å²) in [7, 11) is 0. The lowest BCUT2D eigenvalue weighted by atomic mass is 9.46. The van der Waals surface area contributed by atoms with Crippen LogP contribution in [0.2, 0.25) is 0 Å². The number of allylic oxidation sites excluding steroid dienone is 2. The van der Waals surface area contributed by atoms with Crippen LogP contribution < -0.4 is 0 Å². The molecule has 1 aromatic heterocycles. The molecule has 3 aliphatic carbocycles. The fourth-order valence-electron chi connectivity index (χ4n) is 7.24. The average Bonchev–Trinajstić information content (AvgIpc) is 2.95. The molecular formula is C23H30N2O2. The minimum atomic E-state index is 0.00953. The highest BCUT2D eigenvalue weighted by molar-refractivity contribution is 5.70. The van der Waals surface area contributed by atoms with Crippen molar-refractivity contribution in [3.05, 3.63) is 30.4 Å². The van der Waals surface area contributed by atoms with Crippen molar-refractivity contribution in [2.75, 3.05) is 6.61 Å². The molecule has 0 N–H and O–H groups in total. The molecule has 0 amide bonds. The van der Waals surface area contributed by atoms with Crippen LogP contribution in [0.15, 0.2) is 24.7 Å². The predicted molar refractivity (Wildman–Crippen MR) is 103 cm³/mol. The standard InChI is InChI=1S/C23H30N2O2/c1-22-10-8-21(26)27-14-15(22)3-4-16-17-5-6-19(20-13-24-11-12-25-20)23(17,2)9-7-18(16)22/h6,11-13,15-18H,3-5,7-10,14H2,1-2H3. The number of nitrogens with zero attached hydrogens (tertiary/aromatic N) is 2. The molecule has 144 valence electrons. The fourth-order valence-corrected chi connectivity index (χ4v) is 7.24. The topological polar surface area (TPSA) is 52.1 Å². The van der Waals surface area contributed by atoms with E-state index in [1.165, 1.54) is 37.7 Å². The van der Waals surface area contributed by atoms with Crippen molar-refractivity contribution in [2.24, 2.45) is 34.5 Å². The Hall–Kier alpha value is -1.71. The van der Waals surface area contributed by atoms with Gasteiger partial charge in [-0.15, -0.1) is 0 Å². The van der Waals surface area contributed by atoms with Crippen LogP contribution in [-0.2, 0) is 9.53 Å². The van der Waals surface area contributed by atoms with Crippen LogP contribution >= 0.6 is 0 Å². The summed E-state index contributed by atoms with van der Waals surface area (Å²) in [6, 6.07) is 0. The fraction of sp³-hybridized carbons (Fsp3) is 0.696. The molecule has 1 aliphatic heterocycles. The van der Waals surface area contributed by atoms with Crippen LogP contribution in [0.1, 0.15) is 64.5 Å². The van der Waals surface area contributed by atoms with Crippen molar-refractivity contribution in [1.29, 1.82) is 0 Å². The average molecular weight is 367 g/mol. The van der Waals surface area contributed by atoms with E-state index in [1.807, 2.05) is 12.4 Å². The Kier molecular flexibility index (Phi) is 3.96. The number of ether oxygens (including phenoxy) is 1. The van der Waals surface area contributed by atoms with E-state index in [4.69, 9.17) is 4.74 Å². The van der Waals surface area contributed by atoms with Gasteiger partial charge in [0.1, 0.15) is 0 Å². The molecule has 27 heavy (non-hydrogen) atoms. The number of cyclic esters (lactones) is 1. The number of rotatable bonds is 1. The normalized spacial score (nSPS) is 43.6. The zero-order valence-corrected chi connectivity index (χ0v) is 16.5. The summed E-state index contributed by atoms with van der Waals surface area (Å²) < 4.78 is 5.53. The number of fused-ring (bicyclic) bond motifs is 5. The number of hydrogen-bond acceptors (Lipinski definition) is 4. The summed E-state index contributed by atoms with van der Waals surface area (Å²) in [6.07, 6.45) is 15.7. The molecule has 4 aliphatic rings. The molecule has 0 radical (unpaired) electrons. The van der Waals surface area contributed by atoms with Gasteiger partial charge >= 0.3 is 5.97 Å². The van der Waals surface area contributed by atoms with Crippen molar-refractivity contribution < 1.29 is 9.53 Å². The molecule has 0 aromatic carbocycles. The molecule has 6 atom stereocenters. The summed E-state index contributed by atoms with van der Waals surface area (Å²) in [5, 5.41) is 0. The maximum absolute atomic E-state index is 11.9. The van der Waals surface area contributed by atoms with Gasteiger partial charge in [-0.1, -0.05) is 19.9 Å². The van der Waals surface area contributed by atoms with E-state index < -0.39 is 0 Å². The zero-order chi connectivity index (χ0) is 18.6. The van der Waals surface area contributed by atoms with E-state index >= 15 is 0 Å². The Balaban J connectivity index is 1.45. The number of aromatic nitrogens is 2. The van der Waals surface area contributed by atoms with Crippen LogP contribution in [0.3, 0.4) is 0 Å². The molecule has 2 saturated carbocycles. The second-order valence-electron chi connectivity index (χ2n) is 9.74. The molecule has 5 rings (SSSR count). The summed E-state index contributed by atoms with van der Waals surface area (Å²) in [5.41, 5.74) is 2.96. The third kappa shape index (κ3) is 2.51. The second-order valence-corrected chi connectivity index (χ2v) is 9.74. The monoisotopic (exact) mass is 366 g/mol. The quantitative estimate of drug-likeness (QED) is 0.678. The van der Waals surface area contributed by atoms with Gasteiger partial charge in [-0.2, -0.15) is 0 Å². The van der Waals surface area contributed by atoms with Gasteiger partial charge in [0, 0.05) is 18.8 Å². The van der Waals surface area contributed by atoms with E-state index in [0.29, 0.717) is 24.9 Å². The maximum Gasteiger partial charge on any atom is 0.305 e. The van der Waals surface area contributed by atoms with E-state index in [1.54, 1.807) is 6.20 Å². The first-order valence-corrected chi connectivity index (χ1v) is 10.6. The molecule has 0 spiro atoms. The number of carbonyl (C=O) groups is 1. The largest absolute Gasteiger partial charge is 0.465 e. The summed E-state index contributed by atoms with van der Waals surface area (Å²) in [6.45, 7) is 5.57. The van der Waals surface area contributed by atoms with Gasteiger partial charge < -0.3 is 4.74 Å². The first kappa shape index (κ1) is 17.4. The Bertz CT molecular complexity index is 776. The second kappa shape index (κ2) is 6.15. The van der Waals surface area contributed by atoms with Crippen LogP contribution in [0.4, 0.5) is 0 Å². The van der Waals surface area contributed by atoms with Crippen molar-refractivity contribution in [3.8, 4) is 0 Å². The highest BCUT2D eigenvalue weighted by Gasteiger charge is 2.58. The minimum absolute atomic E-state index is 0.00953. The van der Waals surface area contributed by atoms with Crippen molar-refractivity contribution >= 4 is 11.5 Å². The third-order valence-corrected chi connectivity index (χ3v) is 8.80. The highest BCUT2D eigenvalue weighted by atomic mass is 16.5. The van der Waals surface area contributed by atoms with Crippen LogP contribution in [0, 0.1) is 34.5 Å². The van der Waals surface area contributed by atoms with Crippen LogP contribution in [0.25, 0.3) is 5.57 Å². The van der Waals surface area contributed by atoms with Gasteiger partial charge in [0.15, 0.2) is 0 Å². The highest BCUT2D eigenvalue weighted by Crippen LogP contribution is 2.66. The summed E-state index contributed by atoms with van der Waals surface area (Å²) in [5.74, 6) is 2.73. The van der Waals surface area contributed by atoms with E-state index in [9.17, 15) is 4.79 Å². The summed E-state index contributed by atoms with van der Waals surface area (Å²) in [4.78, 5) is 20.8. The first-order chi connectivity index (χ1) is 13.0. The van der Waals surface area contributed by atoms with Crippen LogP contribution in [0.5, 0.6) is 0 Å². The SMILES string of the molecule is CC12CCC3C(CCC4COC(=O)CCC43C)C1CC=C2c1cnccn1. The van der Waals surface area contributed by atoms with Crippen molar-refractivity contribution in [3.63, 3.8) is 0 Å². The van der Waals surface area contributed by atoms with Gasteiger partial charge in [-0.25, -0.2) is 0 Å². The Morgan fingerprint density at radius 1 is 1.11 bits per heavy atom. The Labute approximate surface area is 161 Å². The lowest BCUT2D eigenvalue weighted by Crippen LogP contribution is -2.51. The molecule has 0 bridgehead atoms.